The maximum absolute atomic E-state index is 12.9. The molecular formula is C23H20ClN3O4S. The first-order chi connectivity index (χ1) is 15.2. The first-order valence-corrected chi connectivity index (χ1v) is 11.4. The van der Waals surface area contributed by atoms with Crippen molar-refractivity contribution >= 4 is 38.9 Å². The molecule has 0 bridgehead atoms. The Kier molecular flexibility index (Phi) is 7.03. The number of rotatable bonds is 7. The highest BCUT2D eigenvalue weighted by Gasteiger charge is 2.20. The van der Waals surface area contributed by atoms with E-state index < -0.39 is 22.0 Å². The number of nitrogens with one attached hydrogen (secondary N) is 2. The monoisotopic (exact) mass is 469 g/mol. The summed E-state index contributed by atoms with van der Waals surface area (Å²) in [6.45, 7) is 3.22. The van der Waals surface area contributed by atoms with Gasteiger partial charge in [-0.3, -0.25) is 9.52 Å². The third-order valence-corrected chi connectivity index (χ3v) is 6.26. The molecule has 32 heavy (non-hydrogen) atoms. The van der Waals surface area contributed by atoms with Crippen LogP contribution in [0.2, 0.25) is 5.02 Å². The largest absolute Gasteiger partial charge is 0.481 e. The fourth-order valence-electron chi connectivity index (χ4n) is 2.84. The van der Waals surface area contributed by atoms with E-state index in [1.807, 2.05) is 6.07 Å². The van der Waals surface area contributed by atoms with Gasteiger partial charge in [-0.05, 0) is 74.0 Å². The summed E-state index contributed by atoms with van der Waals surface area (Å²) in [5.74, 6) is -0.0868. The zero-order valence-electron chi connectivity index (χ0n) is 17.3. The van der Waals surface area contributed by atoms with Crippen LogP contribution in [0.1, 0.15) is 18.1 Å². The highest BCUT2D eigenvalue weighted by atomic mass is 35.5. The van der Waals surface area contributed by atoms with Crippen LogP contribution < -0.4 is 14.8 Å². The number of carbonyl (C=O) groups is 1. The topological polar surface area (TPSA) is 108 Å². The van der Waals surface area contributed by atoms with E-state index in [-0.39, 0.29) is 4.90 Å². The number of aryl methyl sites for hydroxylation is 1. The summed E-state index contributed by atoms with van der Waals surface area (Å²) in [6.07, 6.45) is -0.877. The van der Waals surface area contributed by atoms with Crippen molar-refractivity contribution in [1.29, 1.82) is 5.26 Å². The molecule has 0 saturated carbocycles. The maximum Gasteiger partial charge on any atom is 0.265 e. The molecule has 3 aromatic rings. The summed E-state index contributed by atoms with van der Waals surface area (Å²) in [7, 11) is -3.90. The van der Waals surface area contributed by atoms with Crippen LogP contribution in [0, 0.1) is 18.3 Å². The molecule has 1 unspecified atom stereocenters. The lowest BCUT2D eigenvalue weighted by Crippen LogP contribution is -2.30. The van der Waals surface area contributed by atoms with Crippen molar-refractivity contribution in [2.45, 2.75) is 24.8 Å². The van der Waals surface area contributed by atoms with Crippen LogP contribution in [0.4, 0.5) is 11.4 Å². The summed E-state index contributed by atoms with van der Waals surface area (Å²) in [5.41, 5.74) is 1.60. The van der Waals surface area contributed by atoms with E-state index in [4.69, 9.17) is 21.6 Å². The minimum atomic E-state index is -3.90. The van der Waals surface area contributed by atoms with Gasteiger partial charge in [0.2, 0.25) is 0 Å². The normalized spacial score (nSPS) is 11.8. The maximum atomic E-state index is 12.9. The summed E-state index contributed by atoms with van der Waals surface area (Å²) in [6, 6.07) is 19.3. The summed E-state index contributed by atoms with van der Waals surface area (Å²) in [4.78, 5) is 12.6. The molecule has 0 aliphatic heterocycles. The standard InChI is InChI=1S/C23H20ClN3O4S/c1-15-6-9-20(13-22(15)32(29,30)27-19-10-7-18(24)8-11-19)26-23(28)16(2)31-21-5-3-4-17(12-21)14-25/h3-13,16,27H,1-2H3,(H,26,28). The van der Waals surface area contributed by atoms with Crippen LogP contribution >= 0.6 is 11.6 Å². The molecule has 0 aliphatic rings. The van der Waals surface area contributed by atoms with E-state index in [1.54, 1.807) is 68.4 Å². The van der Waals surface area contributed by atoms with Crippen molar-refractivity contribution in [2.75, 3.05) is 10.0 Å². The first-order valence-electron chi connectivity index (χ1n) is 9.54. The number of hydrogen-bond donors (Lipinski definition) is 2. The molecule has 0 aromatic heterocycles. The average molecular weight is 470 g/mol. The lowest BCUT2D eigenvalue weighted by molar-refractivity contribution is -0.122. The lowest BCUT2D eigenvalue weighted by atomic mass is 10.2. The molecule has 7 nitrogen and oxygen atoms in total. The smallest absolute Gasteiger partial charge is 0.265 e. The molecule has 0 spiro atoms. The number of carbonyl (C=O) groups excluding carboxylic acids is 1. The van der Waals surface area contributed by atoms with Gasteiger partial charge >= 0.3 is 0 Å². The van der Waals surface area contributed by atoms with Gasteiger partial charge in [0.1, 0.15) is 5.75 Å². The predicted octanol–water partition coefficient (Wildman–Crippen LogP) is 4.73. The van der Waals surface area contributed by atoms with Gasteiger partial charge < -0.3 is 10.1 Å². The molecule has 0 fully saturated rings. The number of nitriles is 1. The molecule has 2 N–H and O–H groups in total. The van der Waals surface area contributed by atoms with Crippen molar-refractivity contribution in [3.63, 3.8) is 0 Å². The number of sulfonamides is 1. The molecule has 0 radical (unpaired) electrons. The highest BCUT2D eigenvalue weighted by molar-refractivity contribution is 7.92. The van der Waals surface area contributed by atoms with Gasteiger partial charge in [-0.25, -0.2) is 8.42 Å². The second-order valence-electron chi connectivity index (χ2n) is 6.98. The van der Waals surface area contributed by atoms with Crippen LogP contribution in [0.5, 0.6) is 5.75 Å². The van der Waals surface area contributed by atoms with Crippen LogP contribution in [-0.2, 0) is 14.8 Å². The number of anilines is 2. The van der Waals surface area contributed by atoms with Crippen molar-refractivity contribution in [2.24, 2.45) is 0 Å². The fourth-order valence-corrected chi connectivity index (χ4v) is 4.29. The minimum absolute atomic E-state index is 0.0283. The fraction of sp³-hybridized carbons (Fsp3) is 0.130. The highest BCUT2D eigenvalue weighted by Crippen LogP contribution is 2.24. The third-order valence-electron chi connectivity index (χ3n) is 4.49. The molecule has 3 rings (SSSR count). The SMILES string of the molecule is Cc1ccc(NC(=O)C(C)Oc2cccc(C#N)c2)cc1S(=O)(=O)Nc1ccc(Cl)cc1. The van der Waals surface area contributed by atoms with Gasteiger partial charge in [0, 0.05) is 16.4 Å². The average Bonchev–Trinajstić information content (AvgIpc) is 2.76. The quantitative estimate of drug-likeness (QED) is 0.520. The number of halogens is 1. The van der Waals surface area contributed by atoms with Gasteiger partial charge in [0.15, 0.2) is 6.10 Å². The summed E-state index contributed by atoms with van der Waals surface area (Å²) in [5, 5.41) is 12.1. The summed E-state index contributed by atoms with van der Waals surface area (Å²) < 4.78 is 33.8. The Hall–Kier alpha value is -3.54. The minimum Gasteiger partial charge on any atom is -0.481 e. The van der Waals surface area contributed by atoms with Gasteiger partial charge in [-0.15, -0.1) is 0 Å². The van der Waals surface area contributed by atoms with Crippen molar-refractivity contribution in [3.8, 4) is 11.8 Å². The van der Waals surface area contributed by atoms with E-state index in [0.29, 0.717) is 33.3 Å². The van der Waals surface area contributed by atoms with E-state index in [9.17, 15) is 13.2 Å². The van der Waals surface area contributed by atoms with Crippen molar-refractivity contribution in [3.05, 3.63) is 82.9 Å². The zero-order valence-corrected chi connectivity index (χ0v) is 18.9. The lowest BCUT2D eigenvalue weighted by Gasteiger charge is -2.16. The molecular weight excluding hydrogens is 450 g/mol. The number of benzene rings is 3. The molecule has 1 atom stereocenters. The zero-order chi connectivity index (χ0) is 23.3. The third kappa shape index (κ3) is 5.78. The van der Waals surface area contributed by atoms with E-state index in [0.717, 1.165) is 0 Å². The molecule has 9 heteroatoms. The predicted molar refractivity (Wildman–Crippen MR) is 123 cm³/mol. The van der Waals surface area contributed by atoms with Gasteiger partial charge in [0.05, 0.1) is 16.5 Å². The van der Waals surface area contributed by atoms with E-state index in [1.165, 1.54) is 12.1 Å². The summed E-state index contributed by atoms with van der Waals surface area (Å²) >= 11 is 5.84. The number of amides is 1. The number of nitrogens with zero attached hydrogens (tertiary/aromatic N) is 1. The Balaban J connectivity index is 1.75. The molecule has 3 aromatic carbocycles. The van der Waals surface area contributed by atoms with Crippen molar-refractivity contribution in [1.82, 2.24) is 0 Å². The Morgan fingerprint density at radius 2 is 1.75 bits per heavy atom. The van der Waals surface area contributed by atoms with Crippen LogP contribution in [-0.4, -0.2) is 20.4 Å². The van der Waals surface area contributed by atoms with E-state index >= 15 is 0 Å². The van der Waals surface area contributed by atoms with Gasteiger partial charge in [0.25, 0.3) is 15.9 Å². The molecule has 0 aliphatic carbocycles. The van der Waals surface area contributed by atoms with E-state index in [2.05, 4.69) is 10.0 Å². The Morgan fingerprint density at radius 3 is 2.44 bits per heavy atom. The second-order valence-corrected chi connectivity index (χ2v) is 9.07. The van der Waals surface area contributed by atoms with Crippen LogP contribution in [0.15, 0.2) is 71.6 Å². The van der Waals surface area contributed by atoms with Crippen LogP contribution in [0.25, 0.3) is 0 Å². The van der Waals surface area contributed by atoms with Crippen molar-refractivity contribution < 1.29 is 17.9 Å². The molecule has 0 saturated heterocycles. The Labute approximate surface area is 191 Å². The second kappa shape index (κ2) is 9.73. The number of hydrogen-bond acceptors (Lipinski definition) is 5. The first kappa shape index (κ1) is 23.1. The van der Waals surface area contributed by atoms with Gasteiger partial charge in [-0.1, -0.05) is 23.7 Å². The van der Waals surface area contributed by atoms with Gasteiger partial charge in [-0.2, -0.15) is 5.26 Å². The number of ether oxygens (including phenoxy) is 1. The molecule has 164 valence electrons. The molecule has 1 amide bonds. The Morgan fingerprint density at radius 1 is 1.06 bits per heavy atom. The Bertz CT molecular complexity index is 1290. The van der Waals surface area contributed by atoms with Crippen LogP contribution in [0.3, 0.4) is 0 Å². The molecule has 0 heterocycles.